The van der Waals surface area contributed by atoms with Gasteiger partial charge in [0.25, 0.3) is 11.8 Å². The number of carbonyl (C=O) groups excluding carboxylic acids is 3. The molecule has 0 fully saturated rings. The van der Waals surface area contributed by atoms with Gasteiger partial charge in [-0.2, -0.15) is 0 Å². The highest BCUT2D eigenvalue weighted by molar-refractivity contribution is 6.12. The summed E-state index contributed by atoms with van der Waals surface area (Å²) in [6.45, 7) is 1.20. The van der Waals surface area contributed by atoms with Crippen molar-refractivity contribution in [1.29, 1.82) is 0 Å². The molecule has 0 saturated heterocycles. The summed E-state index contributed by atoms with van der Waals surface area (Å²) in [6, 6.07) is 0. The van der Waals surface area contributed by atoms with Gasteiger partial charge in [-0.3, -0.25) is 14.5 Å². The molecule has 1 aliphatic heterocycles. The maximum Gasteiger partial charge on any atom is 0.253 e. The lowest BCUT2D eigenvalue weighted by molar-refractivity contribution is -0.137. The largest absolute Gasteiger partial charge is 0.377 e. The molecule has 0 N–H and O–H groups in total. The van der Waals surface area contributed by atoms with Crippen LogP contribution in [-0.4, -0.2) is 56.0 Å². The van der Waals surface area contributed by atoms with Crippen LogP contribution < -0.4 is 0 Å². The molecule has 0 aromatic rings. The van der Waals surface area contributed by atoms with Crippen molar-refractivity contribution in [1.82, 2.24) is 4.90 Å². The molecule has 0 saturated carbocycles. The van der Waals surface area contributed by atoms with Crippen molar-refractivity contribution in [3.8, 4) is 0 Å². The number of nitrogens with zero attached hydrogens (tertiary/aromatic N) is 1. The van der Waals surface area contributed by atoms with Crippen LogP contribution in [0.2, 0.25) is 0 Å². The Hall–Kier alpha value is -1.53. The third-order valence-corrected chi connectivity index (χ3v) is 1.92. The Balaban J connectivity index is 2.01. The predicted molar refractivity (Wildman–Crippen MR) is 53.6 cm³/mol. The minimum atomic E-state index is -0.314. The fourth-order valence-corrected chi connectivity index (χ4v) is 1.16. The number of amides is 2. The fourth-order valence-electron chi connectivity index (χ4n) is 1.16. The lowest BCUT2D eigenvalue weighted by atomic mass is 10.5. The van der Waals surface area contributed by atoms with Crippen LogP contribution in [0.4, 0.5) is 0 Å². The predicted octanol–water partition coefficient (Wildman–Crippen LogP) is -0.857. The molecule has 0 radical (unpaired) electrons. The standard InChI is InChI=1S/C10H13NO5/c12-4-6-16-8-7-15-5-3-11-9(13)1-2-10(11)14/h1-2,4H,3,5-8H2. The van der Waals surface area contributed by atoms with Crippen molar-refractivity contribution < 1.29 is 23.9 Å². The van der Waals surface area contributed by atoms with Crippen molar-refractivity contribution in [2.75, 3.05) is 33.0 Å². The number of ether oxygens (including phenoxy) is 2. The maximum atomic E-state index is 11.1. The third kappa shape index (κ3) is 3.92. The summed E-state index contributed by atoms with van der Waals surface area (Å²) >= 11 is 0. The van der Waals surface area contributed by atoms with E-state index in [1.54, 1.807) is 0 Å². The number of carbonyl (C=O) groups is 3. The lowest BCUT2D eigenvalue weighted by Gasteiger charge is -2.13. The number of hydrogen-bond acceptors (Lipinski definition) is 5. The molecule has 0 aliphatic carbocycles. The Kier molecular flexibility index (Phi) is 5.38. The highest BCUT2D eigenvalue weighted by Gasteiger charge is 2.22. The SMILES string of the molecule is O=CCOCCOCCN1C(=O)C=CC1=O. The summed E-state index contributed by atoms with van der Waals surface area (Å²) in [7, 11) is 0. The van der Waals surface area contributed by atoms with Gasteiger partial charge in [0, 0.05) is 12.2 Å². The zero-order valence-electron chi connectivity index (χ0n) is 8.76. The van der Waals surface area contributed by atoms with E-state index in [0.29, 0.717) is 19.5 Å². The summed E-state index contributed by atoms with van der Waals surface area (Å²) < 4.78 is 9.97. The molecule has 16 heavy (non-hydrogen) atoms. The smallest absolute Gasteiger partial charge is 0.253 e. The molecule has 6 heteroatoms. The van der Waals surface area contributed by atoms with Crippen LogP contribution in [0, 0.1) is 0 Å². The quantitative estimate of drug-likeness (QED) is 0.306. The molecule has 1 heterocycles. The maximum absolute atomic E-state index is 11.1. The highest BCUT2D eigenvalue weighted by Crippen LogP contribution is 2.02. The summed E-state index contributed by atoms with van der Waals surface area (Å²) in [5.41, 5.74) is 0. The van der Waals surface area contributed by atoms with Gasteiger partial charge < -0.3 is 14.3 Å². The Morgan fingerprint density at radius 2 is 1.69 bits per heavy atom. The zero-order chi connectivity index (χ0) is 11.8. The van der Waals surface area contributed by atoms with Gasteiger partial charge >= 0.3 is 0 Å². The van der Waals surface area contributed by atoms with Crippen LogP contribution >= 0.6 is 0 Å². The van der Waals surface area contributed by atoms with Gasteiger partial charge in [-0.05, 0) is 0 Å². The molecular formula is C10H13NO5. The first-order valence-electron chi connectivity index (χ1n) is 4.88. The van der Waals surface area contributed by atoms with Crippen molar-refractivity contribution in [2.45, 2.75) is 0 Å². The zero-order valence-corrected chi connectivity index (χ0v) is 8.76. The molecule has 88 valence electrons. The van der Waals surface area contributed by atoms with Gasteiger partial charge in [0.2, 0.25) is 0 Å². The lowest BCUT2D eigenvalue weighted by Crippen LogP contribution is -2.33. The molecule has 1 aliphatic rings. The van der Waals surface area contributed by atoms with Gasteiger partial charge in [0.15, 0.2) is 0 Å². The molecule has 1 rings (SSSR count). The van der Waals surface area contributed by atoms with E-state index >= 15 is 0 Å². The monoisotopic (exact) mass is 227 g/mol. The highest BCUT2D eigenvalue weighted by atomic mass is 16.5. The summed E-state index contributed by atoms with van der Waals surface area (Å²) in [5.74, 6) is -0.628. The van der Waals surface area contributed by atoms with E-state index in [1.165, 1.54) is 12.2 Å². The molecular weight excluding hydrogens is 214 g/mol. The fraction of sp³-hybridized carbons (Fsp3) is 0.500. The van der Waals surface area contributed by atoms with Gasteiger partial charge in [-0.15, -0.1) is 0 Å². The summed E-state index contributed by atoms with van der Waals surface area (Å²) in [4.78, 5) is 33.2. The Morgan fingerprint density at radius 1 is 1.06 bits per heavy atom. The van der Waals surface area contributed by atoms with E-state index < -0.39 is 0 Å². The van der Waals surface area contributed by atoms with Gasteiger partial charge in [-0.1, -0.05) is 0 Å². The van der Waals surface area contributed by atoms with Crippen LogP contribution in [0.1, 0.15) is 0 Å². The molecule has 0 unspecified atom stereocenters. The number of aldehydes is 1. The molecule has 6 nitrogen and oxygen atoms in total. The second-order valence-corrected chi connectivity index (χ2v) is 3.02. The molecule has 0 spiro atoms. The normalized spacial score (nSPS) is 14.9. The van der Waals surface area contributed by atoms with Gasteiger partial charge in [0.05, 0.1) is 26.4 Å². The van der Waals surface area contributed by atoms with E-state index in [4.69, 9.17) is 9.47 Å². The second kappa shape index (κ2) is 6.86. The molecule has 0 bridgehead atoms. The topological polar surface area (TPSA) is 72.9 Å². The number of hydrogen-bond donors (Lipinski definition) is 0. The Morgan fingerprint density at radius 3 is 2.31 bits per heavy atom. The van der Waals surface area contributed by atoms with Gasteiger partial charge in [-0.25, -0.2) is 0 Å². The van der Waals surface area contributed by atoms with E-state index in [1.807, 2.05) is 0 Å². The van der Waals surface area contributed by atoms with Crippen molar-refractivity contribution in [3.63, 3.8) is 0 Å². The minimum Gasteiger partial charge on any atom is -0.377 e. The average Bonchev–Trinajstić information content (AvgIpc) is 2.59. The van der Waals surface area contributed by atoms with E-state index in [2.05, 4.69) is 0 Å². The average molecular weight is 227 g/mol. The second-order valence-electron chi connectivity index (χ2n) is 3.02. The van der Waals surface area contributed by atoms with Crippen LogP contribution in [0.15, 0.2) is 12.2 Å². The van der Waals surface area contributed by atoms with E-state index in [0.717, 1.165) is 4.90 Å². The molecule has 0 aromatic heterocycles. The first kappa shape index (κ1) is 12.5. The van der Waals surface area contributed by atoms with Crippen molar-refractivity contribution in [2.24, 2.45) is 0 Å². The van der Waals surface area contributed by atoms with Gasteiger partial charge in [0.1, 0.15) is 12.9 Å². The van der Waals surface area contributed by atoms with E-state index in [9.17, 15) is 14.4 Å². The Bertz CT molecular complexity index is 282. The Labute approximate surface area is 92.8 Å². The summed E-state index contributed by atoms with van der Waals surface area (Å²) in [5, 5.41) is 0. The molecule has 2 amide bonds. The van der Waals surface area contributed by atoms with Crippen molar-refractivity contribution >= 4 is 18.1 Å². The number of rotatable bonds is 8. The van der Waals surface area contributed by atoms with Crippen LogP contribution in [-0.2, 0) is 23.9 Å². The third-order valence-electron chi connectivity index (χ3n) is 1.92. The first-order valence-corrected chi connectivity index (χ1v) is 4.88. The van der Waals surface area contributed by atoms with Crippen molar-refractivity contribution in [3.05, 3.63) is 12.2 Å². The van der Waals surface area contributed by atoms with E-state index in [-0.39, 0.29) is 31.6 Å². The minimum absolute atomic E-state index is 0.0520. The van der Waals surface area contributed by atoms with Crippen LogP contribution in [0.3, 0.4) is 0 Å². The number of imide groups is 1. The molecule has 0 aromatic carbocycles. The van der Waals surface area contributed by atoms with Crippen LogP contribution in [0.25, 0.3) is 0 Å². The van der Waals surface area contributed by atoms with Crippen LogP contribution in [0.5, 0.6) is 0 Å². The molecule has 0 atom stereocenters. The summed E-state index contributed by atoms with van der Waals surface area (Å²) in [6.07, 6.45) is 3.12. The first-order chi connectivity index (χ1) is 7.75.